The highest BCUT2D eigenvalue weighted by Gasteiger charge is 2.13. The maximum absolute atomic E-state index is 11.8. The first-order valence-electron chi connectivity index (χ1n) is 10.6. The van der Waals surface area contributed by atoms with Crippen LogP contribution in [0.2, 0.25) is 0 Å². The van der Waals surface area contributed by atoms with Gasteiger partial charge in [0, 0.05) is 13.1 Å². The van der Waals surface area contributed by atoms with Crippen LogP contribution in [0.5, 0.6) is 11.5 Å². The smallest absolute Gasteiger partial charge is 0.341 e. The number of nitrogens with one attached hydrogen (secondary N) is 2. The Kier molecular flexibility index (Phi) is 12.6. The van der Waals surface area contributed by atoms with Crippen molar-refractivity contribution in [3.63, 3.8) is 0 Å². The fourth-order valence-corrected chi connectivity index (χ4v) is 3.00. The molecular weight excluding hydrogens is 537 g/mol. The standard InChI is InChI=1S/C24H33N3O5.HI/c1-6-25-24(26-14-17-10-11-20(23(29)31-5)22(12-17)30-4)27-15-21(28)18-8-7-9-19(13-18)32-16(2)3;/h7-13,16,21,28H,6,14-15H2,1-5H3,(H2,25,26,27);1H. The maximum atomic E-state index is 11.8. The van der Waals surface area contributed by atoms with E-state index in [2.05, 4.69) is 15.6 Å². The molecule has 0 spiro atoms. The summed E-state index contributed by atoms with van der Waals surface area (Å²) in [6.07, 6.45) is -0.665. The monoisotopic (exact) mass is 571 g/mol. The minimum absolute atomic E-state index is 0. The molecule has 3 N–H and O–H groups in total. The van der Waals surface area contributed by atoms with Crippen LogP contribution in [-0.2, 0) is 11.3 Å². The quantitative estimate of drug-likeness (QED) is 0.173. The van der Waals surface area contributed by atoms with E-state index in [1.807, 2.05) is 45.0 Å². The van der Waals surface area contributed by atoms with Gasteiger partial charge in [-0.2, -0.15) is 0 Å². The number of rotatable bonds is 10. The van der Waals surface area contributed by atoms with Crippen LogP contribution in [0.25, 0.3) is 0 Å². The van der Waals surface area contributed by atoms with Gasteiger partial charge in [0.1, 0.15) is 17.1 Å². The lowest BCUT2D eigenvalue weighted by atomic mass is 10.1. The van der Waals surface area contributed by atoms with Crippen molar-refractivity contribution in [3.8, 4) is 11.5 Å². The number of aliphatic imine (C=N–C) groups is 1. The molecule has 0 saturated carbocycles. The molecule has 0 heterocycles. The van der Waals surface area contributed by atoms with Crippen LogP contribution < -0.4 is 20.1 Å². The summed E-state index contributed by atoms with van der Waals surface area (Å²) >= 11 is 0. The second-order valence-electron chi connectivity index (χ2n) is 7.36. The highest BCUT2D eigenvalue weighted by molar-refractivity contribution is 14.0. The lowest BCUT2D eigenvalue weighted by molar-refractivity contribution is 0.0597. The second-order valence-corrected chi connectivity index (χ2v) is 7.36. The lowest BCUT2D eigenvalue weighted by Crippen LogP contribution is -2.39. The third kappa shape index (κ3) is 9.09. The van der Waals surface area contributed by atoms with Crippen LogP contribution >= 0.6 is 24.0 Å². The van der Waals surface area contributed by atoms with Crippen LogP contribution in [-0.4, -0.2) is 50.4 Å². The highest BCUT2D eigenvalue weighted by atomic mass is 127. The molecule has 182 valence electrons. The topological polar surface area (TPSA) is 101 Å². The predicted octanol–water partition coefficient (Wildman–Crippen LogP) is 3.68. The highest BCUT2D eigenvalue weighted by Crippen LogP contribution is 2.22. The minimum Gasteiger partial charge on any atom is -0.496 e. The Labute approximate surface area is 212 Å². The zero-order valence-electron chi connectivity index (χ0n) is 19.8. The van der Waals surface area contributed by atoms with Crippen molar-refractivity contribution in [1.29, 1.82) is 0 Å². The Bertz CT molecular complexity index is 921. The summed E-state index contributed by atoms with van der Waals surface area (Å²) in [5.74, 6) is 1.27. The molecule has 1 atom stereocenters. The number of carbonyl (C=O) groups is 1. The van der Waals surface area contributed by atoms with Crippen LogP contribution in [0.15, 0.2) is 47.5 Å². The molecule has 2 rings (SSSR count). The van der Waals surface area contributed by atoms with Crippen molar-refractivity contribution in [2.45, 2.75) is 39.5 Å². The van der Waals surface area contributed by atoms with E-state index in [0.717, 1.165) is 16.9 Å². The first-order chi connectivity index (χ1) is 15.4. The number of aliphatic hydroxyl groups is 1. The fraction of sp³-hybridized carbons (Fsp3) is 0.417. The Morgan fingerprint density at radius 3 is 2.52 bits per heavy atom. The zero-order chi connectivity index (χ0) is 23.5. The first kappa shape index (κ1) is 28.5. The molecule has 0 aliphatic heterocycles. The molecule has 0 fully saturated rings. The van der Waals surface area contributed by atoms with Gasteiger partial charge in [0.2, 0.25) is 0 Å². The van der Waals surface area contributed by atoms with E-state index in [0.29, 0.717) is 30.4 Å². The van der Waals surface area contributed by atoms with Gasteiger partial charge in [-0.05, 0) is 56.2 Å². The number of ether oxygens (including phenoxy) is 3. The van der Waals surface area contributed by atoms with Gasteiger partial charge >= 0.3 is 5.97 Å². The zero-order valence-corrected chi connectivity index (χ0v) is 22.1. The van der Waals surface area contributed by atoms with E-state index in [-0.39, 0.29) is 36.6 Å². The van der Waals surface area contributed by atoms with Crippen molar-refractivity contribution in [3.05, 3.63) is 59.2 Å². The number of aliphatic hydroxyl groups excluding tert-OH is 1. The molecule has 0 radical (unpaired) electrons. The van der Waals surface area contributed by atoms with Gasteiger partial charge in [0.15, 0.2) is 5.96 Å². The SMILES string of the molecule is CCNC(=NCc1ccc(C(=O)OC)c(OC)c1)NCC(O)c1cccc(OC(C)C)c1.I. The summed E-state index contributed by atoms with van der Waals surface area (Å²) in [4.78, 5) is 16.4. The molecule has 2 aromatic rings. The first-order valence-corrected chi connectivity index (χ1v) is 10.6. The molecule has 33 heavy (non-hydrogen) atoms. The Hall–Kier alpha value is -2.53. The molecule has 0 aliphatic rings. The van der Waals surface area contributed by atoms with Gasteiger partial charge in [-0.3, -0.25) is 0 Å². The van der Waals surface area contributed by atoms with Crippen LogP contribution in [0, 0.1) is 0 Å². The van der Waals surface area contributed by atoms with Crippen molar-refractivity contribution in [1.82, 2.24) is 10.6 Å². The van der Waals surface area contributed by atoms with E-state index in [1.54, 1.807) is 18.2 Å². The summed E-state index contributed by atoms with van der Waals surface area (Å²) in [7, 11) is 2.83. The Balaban J connectivity index is 0.00000544. The van der Waals surface area contributed by atoms with Gasteiger partial charge in [-0.15, -0.1) is 24.0 Å². The third-order valence-electron chi connectivity index (χ3n) is 4.51. The Morgan fingerprint density at radius 2 is 1.88 bits per heavy atom. The third-order valence-corrected chi connectivity index (χ3v) is 4.51. The molecule has 0 aliphatic carbocycles. The van der Waals surface area contributed by atoms with E-state index in [1.165, 1.54) is 14.2 Å². The number of guanidine groups is 1. The van der Waals surface area contributed by atoms with E-state index < -0.39 is 12.1 Å². The van der Waals surface area contributed by atoms with Gasteiger partial charge in [0.05, 0.1) is 33.0 Å². The normalized spacial score (nSPS) is 11.9. The van der Waals surface area contributed by atoms with Gasteiger partial charge in [-0.1, -0.05) is 18.2 Å². The van der Waals surface area contributed by atoms with Gasteiger partial charge in [-0.25, -0.2) is 9.79 Å². The number of nitrogens with zero attached hydrogens (tertiary/aromatic N) is 1. The number of esters is 1. The molecule has 0 amide bonds. The summed E-state index contributed by atoms with van der Waals surface area (Å²) in [6.45, 7) is 7.20. The number of hydrogen-bond acceptors (Lipinski definition) is 6. The predicted molar refractivity (Wildman–Crippen MR) is 140 cm³/mol. The average molecular weight is 571 g/mol. The van der Waals surface area contributed by atoms with Crippen LogP contribution in [0.1, 0.15) is 48.4 Å². The molecule has 9 heteroatoms. The average Bonchev–Trinajstić information content (AvgIpc) is 2.79. The molecule has 1 unspecified atom stereocenters. The number of hydrogen-bond donors (Lipinski definition) is 3. The van der Waals surface area contributed by atoms with E-state index in [4.69, 9.17) is 14.2 Å². The molecule has 8 nitrogen and oxygen atoms in total. The number of halogens is 1. The lowest BCUT2D eigenvalue weighted by Gasteiger charge is -2.17. The number of carbonyl (C=O) groups excluding carboxylic acids is 1. The molecule has 0 bridgehead atoms. The number of methoxy groups -OCH3 is 2. The van der Waals surface area contributed by atoms with E-state index >= 15 is 0 Å². The Morgan fingerprint density at radius 1 is 1.12 bits per heavy atom. The summed E-state index contributed by atoms with van der Waals surface area (Å²) in [6, 6.07) is 12.7. The molecular formula is C24H34IN3O5. The molecule has 0 saturated heterocycles. The summed E-state index contributed by atoms with van der Waals surface area (Å²) < 4.78 is 15.8. The van der Waals surface area contributed by atoms with Gasteiger partial charge in [0.25, 0.3) is 0 Å². The van der Waals surface area contributed by atoms with Crippen LogP contribution in [0.3, 0.4) is 0 Å². The fourth-order valence-electron chi connectivity index (χ4n) is 3.00. The van der Waals surface area contributed by atoms with E-state index in [9.17, 15) is 9.90 Å². The molecule has 0 aromatic heterocycles. The largest absolute Gasteiger partial charge is 0.496 e. The minimum atomic E-state index is -0.728. The summed E-state index contributed by atoms with van der Waals surface area (Å²) in [5.41, 5.74) is 1.99. The maximum Gasteiger partial charge on any atom is 0.341 e. The van der Waals surface area contributed by atoms with Crippen molar-refractivity contribution in [2.75, 3.05) is 27.3 Å². The van der Waals surface area contributed by atoms with Crippen LogP contribution in [0.4, 0.5) is 0 Å². The second kappa shape index (κ2) is 14.6. The van der Waals surface area contributed by atoms with Crippen molar-refractivity contribution in [2.24, 2.45) is 4.99 Å². The van der Waals surface area contributed by atoms with Crippen molar-refractivity contribution >= 4 is 35.9 Å². The molecule has 2 aromatic carbocycles. The summed E-state index contributed by atoms with van der Waals surface area (Å²) in [5, 5.41) is 16.9. The number of benzene rings is 2. The van der Waals surface area contributed by atoms with Crippen molar-refractivity contribution < 1.29 is 24.1 Å². The van der Waals surface area contributed by atoms with Gasteiger partial charge < -0.3 is 30.0 Å².